The second-order valence-electron chi connectivity index (χ2n) is 6.42. The average molecular weight is 373 g/mol. The van der Waals surface area contributed by atoms with Crippen LogP contribution in [0.3, 0.4) is 0 Å². The van der Waals surface area contributed by atoms with Crippen LogP contribution in [0.2, 0.25) is 0 Å². The van der Waals surface area contributed by atoms with Crippen LogP contribution in [0.25, 0.3) is 0 Å². The highest BCUT2D eigenvalue weighted by Crippen LogP contribution is 2.22. The highest BCUT2D eigenvalue weighted by molar-refractivity contribution is 6.04. The first kappa shape index (κ1) is 20.4. The maximum Gasteiger partial charge on any atom is 0.412 e. The zero-order chi connectivity index (χ0) is 19.8. The zero-order valence-electron chi connectivity index (χ0n) is 15.3. The van der Waals surface area contributed by atoms with E-state index in [2.05, 4.69) is 11.9 Å². The molecule has 1 aliphatic rings. The first-order valence-electron chi connectivity index (χ1n) is 8.79. The summed E-state index contributed by atoms with van der Waals surface area (Å²) in [4.78, 5) is 46.7. The molecule has 0 saturated heterocycles. The van der Waals surface area contributed by atoms with Crippen molar-refractivity contribution >= 4 is 23.6 Å². The van der Waals surface area contributed by atoms with Gasteiger partial charge in [-0.2, -0.15) is 0 Å². The molecule has 0 aromatic heterocycles. The van der Waals surface area contributed by atoms with Gasteiger partial charge in [0.15, 0.2) is 0 Å². The standard InChI is InChI=1S/C20H23NO6/c1-13(2)19(24)26-11-10-21-20(25)27-15-8-6-14(7-9-15)12-16-17(22)4-3-5-18(16)23/h6-9,16H,1,3-5,10-12H2,2H3,(H,21,25). The summed E-state index contributed by atoms with van der Waals surface area (Å²) < 4.78 is 9.96. The number of hydrogen-bond donors (Lipinski definition) is 1. The summed E-state index contributed by atoms with van der Waals surface area (Å²) in [5.41, 5.74) is 1.12. The van der Waals surface area contributed by atoms with Crippen LogP contribution < -0.4 is 10.1 Å². The lowest BCUT2D eigenvalue weighted by atomic mass is 9.82. The van der Waals surface area contributed by atoms with Crippen molar-refractivity contribution in [2.24, 2.45) is 5.92 Å². The zero-order valence-corrected chi connectivity index (χ0v) is 15.3. The van der Waals surface area contributed by atoms with Crippen LogP contribution in [0.15, 0.2) is 36.4 Å². The van der Waals surface area contributed by atoms with Gasteiger partial charge in [-0.05, 0) is 37.5 Å². The number of ketones is 2. The van der Waals surface area contributed by atoms with Gasteiger partial charge in [0.05, 0.1) is 12.5 Å². The highest BCUT2D eigenvalue weighted by atomic mass is 16.6. The van der Waals surface area contributed by atoms with E-state index in [-0.39, 0.29) is 30.3 Å². The van der Waals surface area contributed by atoms with Gasteiger partial charge in [-0.15, -0.1) is 0 Å². The molecule has 27 heavy (non-hydrogen) atoms. The third-order valence-corrected chi connectivity index (χ3v) is 4.15. The molecule has 1 aromatic rings. The second kappa shape index (κ2) is 9.66. The molecule has 1 fully saturated rings. The van der Waals surface area contributed by atoms with E-state index in [0.717, 1.165) is 5.56 Å². The maximum atomic E-state index is 11.9. The number of rotatable bonds is 7. The molecule has 1 N–H and O–H groups in total. The number of Topliss-reactive ketones (excluding diaryl/α,β-unsaturated/α-hetero) is 2. The molecule has 0 aliphatic heterocycles. The van der Waals surface area contributed by atoms with Crippen molar-refractivity contribution in [3.8, 4) is 5.75 Å². The van der Waals surface area contributed by atoms with Crippen molar-refractivity contribution in [3.05, 3.63) is 42.0 Å². The van der Waals surface area contributed by atoms with E-state index in [1.54, 1.807) is 24.3 Å². The monoisotopic (exact) mass is 373 g/mol. The third-order valence-electron chi connectivity index (χ3n) is 4.15. The van der Waals surface area contributed by atoms with Crippen molar-refractivity contribution in [3.63, 3.8) is 0 Å². The minimum absolute atomic E-state index is 0.00157. The summed E-state index contributed by atoms with van der Waals surface area (Å²) in [6, 6.07) is 6.67. The minimum Gasteiger partial charge on any atom is -0.460 e. The number of esters is 1. The van der Waals surface area contributed by atoms with E-state index in [1.807, 2.05) is 0 Å². The summed E-state index contributed by atoms with van der Waals surface area (Å²) >= 11 is 0. The Morgan fingerprint density at radius 2 is 1.78 bits per heavy atom. The van der Waals surface area contributed by atoms with E-state index < -0.39 is 18.0 Å². The van der Waals surface area contributed by atoms with Gasteiger partial charge in [0.25, 0.3) is 0 Å². The number of hydrogen-bond acceptors (Lipinski definition) is 6. The molecule has 0 atom stereocenters. The smallest absolute Gasteiger partial charge is 0.412 e. The molecule has 1 amide bonds. The summed E-state index contributed by atoms with van der Waals surface area (Å²) in [7, 11) is 0. The van der Waals surface area contributed by atoms with Crippen LogP contribution in [0.1, 0.15) is 31.7 Å². The van der Waals surface area contributed by atoms with Crippen LogP contribution in [0.5, 0.6) is 5.75 Å². The summed E-state index contributed by atoms with van der Waals surface area (Å²) in [6.45, 7) is 5.12. The Hall–Kier alpha value is -2.96. The fraction of sp³-hybridized carbons (Fsp3) is 0.400. The van der Waals surface area contributed by atoms with Crippen LogP contribution in [-0.2, 0) is 25.5 Å². The molecule has 1 aromatic carbocycles. The van der Waals surface area contributed by atoms with E-state index in [4.69, 9.17) is 9.47 Å². The minimum atomic E-state index is -0.674. The summed E-state index contributed by atoms with van der Waals surface area (Å²) in [5.74, 6) is -0.750. The number of nitrogens with one attached hydrogen (secondary N) is 1. The van der Waals surface area contributed by atoms with E-state index in [1.165, 1.54) is 6.92 Å². The van der Waals surface area contributed by atoms with E-state index in [0.29, 0.717) is 31.4 Å². The van der Waals surface area contributed by atoms with Crippen molar-refractivity contribution < 1.29 is 28.7 Å². The van der Waals surface area contributed by atoms with Gasteiger partial charge in [-0.25, -0.2) is 9.59 Å². The Labute approximate surface area is 157 Å². The van der Waals surface area contributed by atoms with Crippen LogP contribution >= 0.6 is 0 Å². The quantitative estimate of drug-likeness (QED) is 0.341. The Bertz CT molecular complexity index is 721. The van der Waals surface area contributed by atoms with E-state index >= 15 is 0 Å². The second-order valence-corrected chi connectivity index (χ2v) is 6.42. The number of ether oxygens (including phenoxy) is 2. The fourth-order valence-electron chi connectivity index (χ4n) is 2.68. The first-order chi connectivity index (χ1) is 12.9. The molecule has 7 heteroatoms. The van der Waals surface area contributed by atoms with Crippen LogP contribution in [-0.4, -0.2) is 36.8 Å². The predicted molar refractivity (Wildman–Crippen MR) is 97.3 cm³/mol. The molecule has 0 heterocycles. The molecule has 2 rings (SSSR count). The van der Waals surface area contributed by atoms with Crippen molar-refractivity contribution in [1.82, 2.24) is 5.32 Å². The molecule has 1 aliphatic carbocycles. The van der Waals surface area contributed by atoms with Crippen molar-refractivity contribution in [2.45, 2.75) is 32.6 Å². The van der Waals surface area contributed by atoms with Crippen LogP contribution in [0, 0.1) is 5.92 Å². The molecule has 0 spiro atoms. The largest absolute Gasteiger partial charge is 0.460 e. The lowest BCUT2D eigenvalue weighted by Gasteiger charge is -2.19. The molecular formula is C20H23NO6. The molecule has 0 unspecified atom stereocenters. The van der Waals surface area contributed by atoms with Gasteiger partial charge >= 0.3 is 12.1 Å². The van der Waals surface area contributed by atoms with E-state index in [9.17, 15) is 19.2 Å². The Morgan fingerprint density at radius 1 is 1.15 bits per heavy atom. The Morgan fingerprint density at radius 3 is 2.37 bits per heavy atom. The van der Waals surface area contributed by atoms with Gasteiger partial charge in [0, 0.05) is 18.4 Å². The fourth-order valence-corrected chi connectivity index (χ4v) is 2.68. The molecule has 0 radical (unpaired) electrons. The normalized spacial score (nSPS) is 14.6. The molecule has 1 saturated carbocycles. The topological polar surface area (TPSA) is 98.8 Å². The van der Waals surface area contributed by atoms with Crippen molar-refractivity contribution in [1.29, 1.82) is 0 Å². The first-order valence-corrected chi connectivity index (χ1v) is 8.79. The van der Waals surface area contributed by atoms with Gasteiger partial charge in [0.1, 0.15) is 23.9 Å². The Kier molecular flexibility index (Phi) is 7.28. The SMILES string of the molecule is C=C(C)C(=O)OCCNC(=O)Oc1ccc(CC2C(=O)CCCC2=O)cc1. The third kappa shape index (κ3) is 6.36. The molecule has 7 nitrogen and oxygen atoms in total. The predicted octanol–water partition coefficient (Wildman–Crippen LogP) is 2.38. The lowest BCUT2D eigenvalue weighted by Crippen LogP contribution is -2.31. The number of carbonyl (C=O) groups excluding carboxylic acids is 4. The Balaban J connectivity index is 1.77. The van der Waals surface area contributed by atoms with Gasteiger partial charge in [0.2, 0.25) is 0 Å². The molecule has 144 valence electrons. The number of carbonyl (C=O) groups is 4. The summed E-state index contributed by atoms with van der Waals surface area (Å²) in [6.07, 6.45) is 1.26. The molecular weight excluding hydrogens is 350 g/mol. The number of amides is 1. The summed E-state index contributed by atoms with van der Waals surface area (Å²) in [5, 5.41) is 2.46. The number of benzene rings is 1. The van der Waals surface area contributed by atoms with Gasteiger partial charge in [-0.3, -0.25) is 9.59 Å². The molecule has 0 bridgehead atoms. The van der Waals surface area contributed by atoms with Crippen LogP contribution in [0.4, 0.5) is 4.79 Å². The average Bonchev–Trinajstić information content (AvgIpc) is 2.63. The van der Waals surface area contributed by atoms with Crippen molar-refractivity contribution in [2.75, 3.05) is 13.2 Å². The van der Waals surface area contributed by atoms with Gasteiger partial charge < -0.3 is 14.8 Å². The highest BCUT2D eigenvalue weighted by Gasteiger charge is 2.29. The van der Waals surface area contributed by atoms with Gasteiger partial charge in [-0.1, -0.05) is 18.7 Å². The maximum absolute atomic E-state index is 11.9. The lowest BCUT2D eigenvalue weighted by molar-refractivity contribution is -0.139.